The van der Waals surface area contributed by atoms with Crippen molar-refractivity contribution in [3.05, 3.63) is 52.4 Å². The van der Waals surface area contributed by atoms with Crippen LogP contribution in [0.2, 0.25) is 5.15 Å². The summed E-state index contributed by atoms with van der Waals surface area (Å²) in [6, 6.07) is 1.81. The van der Waals surface area contributed by atoms with E-state index < -0.39 is 35.3 Å². The first-order chi connectivity index (χ1) is 15.5. The Morgan fingerprint density at radius 3 is 2.55 bits per heavy atom. The molecule has 1 atom stereocenters. The van der Waals surface area contributed by atoms with Gasteiger partial charge in [0.2, 0.25) is 0 Å². The molecule has 0 aliphatic heterocycles. The molecule has 1 aromatic carbocycles. The van der Waals surface area contributed by atoms with Crippen LogP contribution in [0.15, 0.2) is 24.5 Å². The Labute approximate surface area is 190 Å². The monoisotopic (exact) mass is 483 g/mol. The maximum Gasteiger partial charge on any atom is 0.425 e. The van der Waals surface area contributed by atoms with E-state index >= 15 is 0 Å². The third-order valence-electron chi connectivity index (χ3n) is 5.16. The lowest BCUT2D eigenvalue weighted by molar-refractivity contribution is -0.189. The van der Waals surface area contributed by atoms with Gasteiger partial charge in [0, 0.05) is 17.7 Å². The molecule has 0 bridgehead atoms. The van der Waals surface area contributed by atoms with Crippen LogP contribution in [-0.4, -0.2) is 38.4 Å². The van der Waals surface area contributed by atoms with Crippen LogP contribution in [0.25, 0.3) is 11.3 Å². The van der Waals surface area contributed by atoms with Crippen molar-refractivity contribution in [2.45, 2.75) is 44.9 Å². The molecule has 3 aromatic rings. The highest BCUT2D eigenvalue weighted by molar-refractivity contribution is 6.33. The maximum atomic E-state index is 15.0. The second kappa shape index (κ2) is 8.62. The fourth-order valence-electron chi connectivity index (χ4n) is 3.07. The van der Waals surface area contributed by atoms with Crippen molar-refractivity contribution in [2.24, 2.45) is 0 Å². The molecular weight excluding hydrogens is 466 g/mol. The minimum Gasteiger partial charge on any atom is -0.480 e. The van der Waals surface area contributed by atoms with Crippen LogP contribution in [0.5, 0.6) is 5.75 Å². The molecule has 12 heteroatoms. The van der Waals surface area contributed by atoms with Crippen LogP contribution < -0.4 is 10.1 Å². The number of rotatable bonds is 6. The van der Waals surface area contributed by atoms with Crippen LogP contribution in [-0.2, 0) is 0 Å². The summed E-state index contributed by atoms with van der Waals surface area (Å²) in [7, 11) is 0. The van der Waals surface area contributed by atoms with E-state index in [9.17, 15) is 22.4 Å². The highest BCUT2D eigenvalue weighted by Gasteiger charge is 2.39. The van der Waals surface area contributed by atoms with Crippen molar-refractivity contribution in [1.82, 2.24) is 20.2 Å². The third-order valence-corrected chi connectivity index (χ3v) is 5.44. The van der Waals surface area contributed by atoms with Crippen LogP contribution in [0.1, 0.15) is 47.4 Å². The van der Waals surface area contributed by atoms with Gasteiger partial charge < -0.3 is 10.1 Å². The summed E-state index contributed by atoms with van der Waals surface area (Å²) in [6.07, 6.45) is -2.12. The van der Waals surface area contributed by atoms with Crippen molar-refractivity contribution >= 4 is 23.2 Å². The number of anilines is 1. The third kappa shape index (κ3) is 4.92. The molecule has 1 saturated carbocycles. The average Bonchev–Trinajstić information content (AvgIpc) is 3.56. The quantitative estimate of drug-likeness (QED) is 0.456. The minimum absolute atomic E-state index is 0.0601. The number of ether oxygens (including phenoxy) is 1. The first-order valence-corrected chi connectivity index (χ1v) is 10.3. The molecule has 33 heavy (non-hydrogen) atoms. The lowest BCUT2D eigenvalue weighted by Gasteiger charge is -2.20. The van der Waals surface area contributed by atoms with Gasteiger partial charge in [0.15, 0.2) is 11.3 Å². The number of hydrogen-bond donors (Lipinski definition) is 2. The van der Waals surface area contributed by atoms with Gasteiger partial charge in [-0.3, -0.25) is 19.9 Å². The average molecular weight is 484 g/mol. The van der Waals surface area contributed by atoms with E-state index in [1.807, 2.05) is 0 Å². The fourth-order valence-corrected chi connectivity index (χ4v) is 3.31. The van der Waals surface area contributed by atoms with Crippen LogP contribution in [0, 0.1) is 12.7 Å². The molecule has 0 radical (unpaired) electrons. The number of carbonyl (C=O) groups is 1. The number of benzene rings is 1. The van der Waals surface area contributed by atoms with Gasteiger partial charge in [0.05, 0.1) is 28.8 Å². The van der Waals surface area contributed by atoms with Crippen molar-refractivity contribution in [2.75, 3.05) is 5.32 Å². The SMILES string of the molecule is Cc1[nH]nc(Cl)c1NC(=O)c1cc(F)c(-c2cnc(C3CC3)cn2)cc1OC(C)C(F)(F)F. The number of alkyl halides is 3. The summed E-state index contributed by atoms with van der Waals surface area (Å²) >= 11 is 5.91. The molecule has 7 nitrogen and oxygen atoms in total. The molecule has 1 unspecified atom stereocenters. The molecule has 2 heterocycles. The molecule has 1 aliphatic rings. The predicted molar refractivity (Wildman–Crippen MR) is 112 cm³/mol. The van der Waals surface area contributed by atoms with E-state index in [-0.39, 0.29) is 22.1 Å². The Morgan fingerprint density at radius 2 is 2.00 bits per heavy atom. The van der Waals surface area contributed by atoms with Crippen molar-refractivity contribution < 1.29 is 27.1 Å². The minimum atomic E-state index is -4.71. The lowest BCUT2D eigenvalue weighted by Crippen LogP contribution is -2.32. The molecule has 2 N–H and O–H groups in total. The number of carbonyl (C=O) groups excluding carboxylic acids is 1. The summed E-state index contributed by atoms with van der Waals surface area (Å²) in [5.74, 6) is -1.95. The molecule has 4 rings (SSSR count). The largest absolute Gasteiger partial charge is 0.480 e. The van der Waals surface area contributed by atoms with Gasteiger partial charge in [-0.2, -0.15) is 18.3 Å². The molecule has 1 aliphatic carbocycles. The Bertz CT molecular complexity index is 1170. The number of halogens is 5. The zero-order chi connectivity index (χ0) is 23.9. The van der Waals surface area contributed by atoms with Gasteiger partial charge in [-0.1, -0.05) is 11.6 Å². The second-order valence-electron chi connectivity index (χ2n) is 7.70. The zero-order valence-corrected chi connectivity index (χ0v) is 18.2. The van der Waals surface area contributed by atoms with Gasteiger partial charge in [0.25, 0.3) is 5.91 Å². The number of amides is 1. The van der Waals surface area contributed by atoms with Crippen molar-refractivity contribution in [3.8, 4) is 17.0 Å². The Hall–Kier alpha value is -3.21. The second-order valence-corrected chi connectivity index (χ2v) is 8.06. The Balaban J connectivity index is 1.73. The van der Waals surface area contributed by atoms with Gasteiger partial charge in [-0.25, -0.2) is 4.39 Å². The molecular formula is C21H18ClF4N5O2. The molecule has 0 saturated heterocycles. The highest BCUT2D eigenvalue weighted by Crippen LogP contribution is 2.39. The zero-order valence-electron chi connectivity index (χ0n) is 17.4. The molecule has 174 valence electrons. The molecule has 1 fully saturated rings. The van der Waals surface area contributed by atoms with Gasteiger partial charge in [-0.05, 0) is 38.8 Å². The van der Waals surface area contributed by atoms with Gasteiger partial charge in [0.1, 0.15) is 17.3 Å². The van der Waals surface area contributed by atoms with Crippen molar-refractivity contribution in [1.29, 1.82) is 0 Å². The number of H-pyrrole nitrogens is 1. The van der Waals surface area contributed by atoms with Gasteiger partial charge >= 0.3 is 6.18 Å². The van der Waals surface area contributed by atoms with E-state index in [0.717, 1.165) is 37.6 Å². The smallest absolute Gasteiger partial charge is 0.425 e. The van der Waals surface area contributed by atoms with E-state index in [0.29, 0.717) is 11.6 Å². The fraction of sp³-hybridized carbons (Fsp3) is 0.333. The van der Waals surface area contributed by atoms with Crippen LogP contribution in [0.3, 0.4) is 0 Å². The van der Waals surface area contributed by atoms with E-state index in [2.05, 4.69) is 25.5 Å². The number of aromatic nitrogens is 4. The summed E-state index contributed by atoms with van der Waals surface area (Å²) in [4.78, 5) is 21.3. The Morgan fingerprint density at radius 1 is 1.27 bits per heavy atom. The summed E-state index contributed by atoms with van der Waals surface area (Å²) in [5.41, 5.74) is 0.784. The number of aromatic amines is 1. The molecule has 1 amide bonds. The van der Waals surface area contributed by atoms with Crippen LogP contribution in [0.4, 0.5) is 23.2 Å². The first kappa shape index (κ1) is 23.0. The first-order valence-electron chi connectivity index (χ1n) is 9.95. The summed E-state index contributed by atoms with van der Waals surface area (Å²) in [6.45, 7) is 2.36. The Kier molecular flexibility index (Phi) is 6.00. The topological polar surface area (TPSA) is 92.8 Å². The summed E-state index contributed by atoms with van der Waals surface area (Å²) in [5, 5.41) is 8.63. The standard InChI is InChI=1S/C21H18ClF4N5O2/c1-9-18(19(22)31-30-9)29-20(32)13-5-14(23)12(6-17(13)33-10(2)21(24,25)26)16-8-27-15(7-28-16)11-3-4-11/h5-8,10-11H,3-4H2,1-2H3,(H,29,32)(H,30,31). The highest BCUT2D eigenvalue weighted by atomic mass is 35.5. The molecule has 0 spiro atoms. The van der Waals surface area contributed by atoms with Crippen LogP contribution >= 0.6 is 11.6 Å². The van der Waals surface area contributed by atoms with Gasteiger partial charge in [-0.15, -0.1) is 0 Å². The number of hydrogen-bond acceptors (Lipinski definition) is 5. The summed E-state index contributed by atoms with van der Waals surface area (Å²) < 4.78 is 59.5. The predicted octanol–water partition coefficient (Wildman–Crippen LogP) is 5.43. The molecule has 2 aromatic heterocycles. The van der Waals surface area contributed by atoms with E-state index in [1.54, 1.807) is 6.92 Å². The number of nitrogens with one attached hydrogen (secondary N) is 2. The lowest BCUT2D eigenvalue weighted by atomic mass is 10.1. The van der Waals surface area contributed by atoms with E-state index in [4.69, 9.17) is 16.3 Å². The number of aryl methyl sites for hydroxylation is 1. The maximum absolute atomic E-state index is 15.0. The number of nitrogens with zero attached hydrogens (tertiary/aromatic N) is 3. The van der Waals surface area contributed by atoms with E-state index in [1.165, 1.54) is 12.4 Å². The normalized spacial score (nSPS) is 14.8. The van der Waals surface area contributed by atoms with Crippen molar-refractivity contribution in [3.63, 3.8) is 0 Å².